The third-order valence-electron chi connectivity index (χ3n) is 9.69. The summed E-state index contributed by atoms with van der Waals surface area (Å²) in [7, 11) is -3.27. The Labute approximate surface area is 238 Å². The molecule has 2 saturated heterocycles. The minimum Gasteiger partial charge on any atom is -0.366 e. The molecule has 8 heteroatoms. The van der Waals surface area contributed by atoms with E-state index in [0.717, 1.165) is 59.4 Å². The monoisotopic (exact) mass is 562 g/mol. The van der Waals surface area contributed by atoms with Crippen molar-refractivity contribution in [1.29, 1.82) is 0 Å². The number of rotatable bonds is 8. The van der Waals surface area contributed by atoms with Crippen LogP contribution in [0, 0.1) is 5.92 Å². The number of aromatic nitrogens is 1. The zero-order valence-electron chi connectivity index (χ0n) is 23.4. The summed E-state index contributed by atoms with van der Waals surface area (Å²) < 4.78 is 28.3. The number of H-pyrrole nitrogens is 1. The van der Waals surface area contributed by atoms with Gasteiger partial charge in [0.05, 0.1) is 16.8 Å². The van der Waals surface area contributed by atoms with Gasteiger partial charge in [-0.2, -0.15) is 0 Å². The molecule has 2 unspecified atom stereocenters. The summed E-state index contributed by atoms with van der Waals surface area (Å²) in [5.74, 6) is 0.829. The van der Waals surface area contributed by atoms with Crippen LogP contribution in [0.15, 0.2) is 48.7 Å². The molecule has 1 aromatic heterocycles. The Morgan fingerprint density at radius 2 is 1.68 bits per heavy atom. The summed E-state index contributed by atoms with van der Waals surface area (Å²) in [5.41, 5.74) is 10.1. The summed E-state index contributed by atoms with van der Waals surface area (Å²) in [4.78, 5) is 18.2. The summed E-state index contributed by atoms with van der Waals surface area (Å²) in [6.45, 7) is 3.10. The van der Waals surface area contributed by atoms with Crippen molar-refractivity contribution in [3.63, 3.8) is 0 Å². The minimum atomic E-state index is -3.27. The zero-order valence-corrected chi connectivity index (χ0v) is 24.2. The van der Waals surface area contributed by atoms with Crippen LogP contribution in [0.4, 0.5) is 0 Å². The fourth-order valence-corrected chi connectivity index (χ4v) is 9.13. The van der Waals surface area contributed by atoms with Crippen LogP contribution in [-0.2, 0) is 10.0 Å². The molecule has 6 rings (SSSR count). The number of primary amides is 1. The number of fused-ring (bicyclic) bond motifs is 2. The molecule has 1 aliphatic carbocycles. The first-order valence-electron chi connectivity index (χ1n) is 15.1. The number of carbonyl (C=O) groups excluding carboxylic acids is 1. The van der Waals surface area contributed by atoms with Gasteiger partial charge in [-0.15, -0.1) is 0 Å². The van der Waals surface area contributed by atoms with Crippen LogP contribution >= 0.6 is 0 Å². The van der Waals surface area contributed by atoms with E-state index in [2.05, 4.69) is 16.0 Å². The number of sulfonamides is 1. The van der Waals surface area contributed by atoms with Crippen LogP contribution in [0.3, 0.4) is 0 Å². The van der Waals surface area contributed by atoms with Gasteiger partial charge in [-0.1, -0.05) is 43.2 Å². The highest BCUT2D eigenvalue weighted by molar-refractivity contribution is 7.89. The number of aromatic amines is 1. The highest BCUT2D eigenvalue weighted by atomic mass is 32.2. The maximum Gasteiger partial charge on any atom is 0.250 e. The lowest BCUT2D eigenvalue weighted by Crippen LogP contribution is -2.47. The third-order valence-corrected chi connectivity index (χ3v) is 11.6. The zero-order chi connectivity index (χ0) is 27.7. The summed E-state index contributed by atoms with van der Waals surface area (Å²) >= 11 is 0. The van der Waals surface area contributed by atoms with E-state index in [1.54, 1.807) is 4.31 Å². The van der Waals surface area contributed by atoms with Gasteiger partial charge >= 0.3 is 0 Å². The van der Waals surface area contributed by atoms with Gasteiger partial charge in [0.2, 0.25) is 10.0 Å². The average molecular weight is 563 g/mol. The Morgan fingerprint density at radius 3 is 2.45 bits per heavy atom. The van der Waals surface area contributed by atoms with Crippen LogP contribution in [-0.4, -0.2) is 66.5 Å². The van der Waals surface area contributed by atoms with Crippen LogP contribution in [0.5, 0.6) is 0 Å². The molecule has 40 heavy (non-hydrogen) atoms. The molecule has 7 nitrogen and oxygen atoms in total. The van der Waals surface area contributed by atoms with Crippen LogP contribution in [0.1, 0.15) is 79.6 Å². The van der Waals surface area contributed by atoms with Crippen LogP contribution < -0.4 is 5.73 Å². The van der Waals surface area contributed by atoms with Gasteiger partial charge in [-0.25, -0.2) is 12.7 Å². The van der Waals surface area contributed by atoms with Gasteiger partial charge in [0, 0.05) is 30.7 Å². The Morgan fingerprint density at radius 1 is 0.925 bits per heavy atom. The van der Waals surface area contributed by atoms with Crippen molar-refractivity contribution in [1.82, 2.24) is 14.2 Å². The predicted octanol–water partition coefficient (Wildman–Crippen LogP) is 5.49. The fraction of sp³-hybridized carbons (Fsp3) is 0.531. The number of hydrogen-bond donors (Lipinski definition) is 2. The molecule has 1 saturated carbocycles. The smallest absolute Gasteiger partial charge is 0.250 e. The molecule has 3 fully saturated rings. The van der Waals surface area contributed by atoms with E-state index in [4.69, 9.17) is 5.73 Å². The lowest BCUT2D eigenvalue weighted by atomic mass is 9.78. The third kappa shape index (κ3) is 5.58. The van der Waals surface area contributed by atoms with Crippen molar-refractivity contribution in [2.24, 2.45) is 11.7 Å². The maximum absolute atomic E-state index is 13.3. The van der Waals surface area contributed by atoms with Crippen molar-refractivity contribution < 1.29 is 13.2 Å². The lowest BCUT2D eigenvalue weighted by molar-refractivity contribution is 0.0612. The van der Waals surface area contributed by atoms with E-state index in [1.165, 1.54) is 38.5 Å². The van der Waals surface area contributed by atoms with Crippen molar-refractivity contribution in [2.75, 3.05) is 31.9 Å². The number of nitrogens with zero attached hydrogens (tertiary/aromatic N) is 2. The molecule has 214 valence electrons. The SMILES string of the molecule is NC(=O)c1cc(-c2ccccc2)cc2c(C3CCN(S(=O)(=O)CCCN4CCCC5CCCCC54)CC3)c[nH]c12. The van der Waals surface area contributed by atoms with Gasteiger partial charge in [-0.05, 0) is 98.7 Å². The number of nitrogens with two attached hydrogens (primary N) is 1. The molecule has 3 N–H and O–H groups in total. The van der Waals surface area contributed by atoms with Gasteiger partial charge in [0.25, 0.3) is 5.91 Å². The first kappa shape index (κ1) is 27.5. The van der Waals surface area contributed by atoms with E-state index >= 15 is 0 Å². The van der Waals surface area contributed by atoms with E-state index < -0.39 is 15.9 Å². The van der Waals surface area contributed by atoms with Gasteiger partial charge < -0.3 is 15.6 Å². The molecular weight excluding hydrogens is 520 g/mol. The van der Waals surface area contributed by atoms with Gasteiger partial charge in [-0.3, -0.25) is 4.79 Å². The maximum atomic E-state index is 13.3. The Hall–Kier alpha value is -2.68. The topological polar surface area (TPSA) is 99.5 Å². The van der Waals surface area contributed by atoms with E-state index in [0.29, 0.717) is 31.1 Å². The second-order valence-electron chi connectivity index (χ2n) is 12.1. The normalized spacial score (nSPS) is 23.3. The van der Waals surface area contributed by atoms with Gasteiger partial charge in [0.15, 0.2) is 0 Å². The number of carbonyl (C=O) groups is 1. The van der Waals surface area contributed by atoms with E-state index in [9.17, 15) is 13.2 Å². The Balaban J connectivity index is 1.11. The van der Waals surface area contributed by atoms with Crippen LogP contribution in [0.25, 0.3) is 22.0 Å². The minimum absolute atomic E-state index is 0.225. The van der Waals surface area contributed by atoms with Crippen molar-refractivity contribution in [3.05, 3.63) is 59.8 Å². The highest BCUT2D eigenvalue weighted by Crippen LogP contribution is 2.38. The molecule has 3 aromatic rings. The summed E-state index contributed by atoms with van der Waals surface area (Å²) in [6, 6.07) is 14.7. The van der Waals surface area contributed by atoms with Crippen molar-refractivity contribution in [3.8, 4) is 11.1 Å². The molecule has 0 radical (unpaired) electrons. The second kappa shape index (κ2) is 11.7. The molecule has 0 spiro atoms. The van der Waals surface area contributed by atoms with Crippen molar-refractivity contribution >= 4 is 26.8 Å². The van der Waals surface area contributed by atoms with Crippen LogP contribution in [0.2, 0.25) is 0 Å². The largest absolute Gasteiger partial charge is 0.366 e. The number of benzene rings is 2. The molecule has 2 atom stereocenters. The number of hydrogen-bond acceptors (Lipinski definition) is 4. The number of amides is 1. The quantitative estimate of drug-likeness (QED) is 0.379. The summed E-state index contributed by atoms with van der Waals surface area (Å²) in [6.07, 6.45) is 12.1. The fourth-order valence-electron chi connectivity index (χ4n) is 7.61. The second-order valence-corrected chi connectivity index (χ2v) is 14.1. The molecule has 3 aliphatic rings. The average Bonchev–Trinajstić information content (AvgIpc) is 3.41. The molecule has 2 aromatic carbocycles. The molecule has 2 aliphatic heterocycles. The van der Waals surface area contributed by atoms with E-state index in [-0.39, 0.29) is 11.7 Å². The molecule has 3 heterocycles. The molecule has 1 amide bonds. The first-order valence-corrected chi connectivity index (χ1v) is 16.7. The van der Waals surface area contributed by atoms with Gasteiger partial charge in [0.1, 0.15) is 0 Å². The standard InChI is InChI=1S/C32H42N4O3S/c33-32(37)28-21-26(23-8-2-1-3-9-23)20-27-29(22-34-31(27)28)24-13-17-36(18-14-24)40(38,39)19-7-16-35-15-6-11-25-10-4-5-12-30(25)35/h1-3,8-9,20-22,24-25,30,34H,4-7,10-19H2,(H2,33,37). The summed E-state index contributed by atoms with van der Waals surface area (Å²) in [5, 5.41) is 0.999. The van der Waals surface area contributed by atoms with Crippen molar-refractivity contribution in [2.45, 2.75) is 69.7 Å². The molecule has 0 bridgehead atoms. The van der Waals surface area contributed by atoms with E-state index in [1.807, 2.05) is 42.6 Å². The number of nitrogens with one attached hydrogen (secondary N) is 1. The lowest BCUT2D eigenvalue weighted by Gasteiger charge is -2.44. The Bertz CT molecular complexity index is 1440. The molecular formula is C32H42N4O3S. The Kier molecular flexibility index (Phi) is 8.02. The number of likely N-dealkylation sites (tertiary alicyclic amines) is 1. The number of piperidine rings is 2. The predicted molar refractivity (Wildman–Crippen MR) is 161 cm³/mol. The highest BCUT2D eigenvalue weighted by Gasteiger charge is 2.34. The first-order chi connectivity index (χ1) is 19.4.